The highest BCUT2D eigenvalue weighted by atomic mass is 16.5. The first kappa shape index (κ1) is 15.9. The topological polar surface area (TPSA) is 41.7 Å². The fourth-order valence-electron chi connectivity index (χ4n) is 2.63. The van der Waals surface area contributed by atoms with E-state index in [1.165, 1.54) is 0 Å². The smallest absolute Gasteiger partial charge is 0.0638 e. The molecule has 1 aliphatic rings. The lowest BCUT2D eigenvalue weighted by molar-refractivity contribution is -0.0163. The Kier molecular flexibility index (Phi) is 6.05. The van der Waals surface area contributed by atoms with Crippen molar-refractivity contribution in [2.75, 3.05) is 39.8 Å². The number of hydrogen-bond acceptors (Lipinski definition) is 4. The molecule has 1 aliphatic heterocycles. The van der Waals surface area contributed by atoms with E-state index in [2.05, 4.69) is 37.5 Å². The van der Waals surface area contributed by atoms with Crippen molar-refractivity contribution in [3.8, 4) is 0 Å². The quantitative estimate of drug-likeness (QED) is 0.775. The van der Waals surface area contributed by atoms with E-state index in [9.17, 15) is 0 Å². The largest absolute Gasteiger partial charge is 0.379 e. The molecule has 0 aromatic carbocycles. The third kappa shape index (κ3) is 4.50. The summed E-state index contributed by atoms with van der Waals surface area (Å²) in [4.78, 5) is 5.06. The molecular weight excluding hydrogens is 226 g/mol. The van der Waals surface area contributed by atoms with E-state index >= 15 is 0 Å². The third-order valence-electron chi connectivity index (χ3n) is 4.15. The predicted octanol–water partition coefficient (Wildman–Crippen LogP) is 1.15. The molecule has 0 aromatic heterocycles. The molecule has 0 spiro atoms. The molecule has 4 heteroatoms. The van der Waals surface area contributed by atoms with Crippen molar-refractivity contribution in [1.82, 2.24) is 9.80 Å². The van der Waals surface area contributed by atoms with E-state index in [-0.39, 0.29) is 5.60 Å². The molecule has 1 heterocycles. The van der Waals surface area contributed by atoms with Crippen LogP contribution < -0.4 is 5.73 Å². The van der Waals surface area contributed by atoms with Gasteiger partial charge < -0.3 is 10.5 Å². The molecule has 0 radical (unpaired) electrons. The summed E-state index contributed by atoms with van der Waals surface area (Å²) in [6, 6.07) is 1.09. The van der Waals surface area contributed by atoms with Crippen LogP contribution >= 0.6 is 0 Å². The van der Waals surface area contributed by atoms with Crippen LogP contribution in [-0.4, -0.2) is 67.3 Å². The van der Waals surface area contributed by atoms with E-state index in [1.807, 2.05) is 0 Å². The van der Waals surface area contributed by atoms with Gasteiger partial charge in [-0.1, -0.05) is 0 Å². The maximum Gasteiger partial charge on any atom is 0.0638 e. The minimum absolute atomic E-state index is 0.0841. The summed E-state index contributed by atoms with van der Waals surface area (Å²) in [5, 5.41) is 0. The Bertz CT molecular complexity index is 235. The molecule has 2 N–H and O–H groups in total. The van der Waals surface area contributed by atoms with Gasteiger partial charge in [0.2, 0.25) is 0 Å². The van der Waals surface area contributed by atoms with Gasteiger partial charge in [-0.25, -0.2) is 0 Å². The van der Waals surface area contributed by atoms with Gasteiger partial charge in [0.1, 0.15) is 0 Å². The van der Waals surface area contributed by atoms with Crippen molar-refractivity contribution in [2.45, 2.75) is 51.8 Å². The average Bonchev–Trinajstić information content (AvgIpc) is 2.36. The first-order chi connectivity index (χ1) is 8.39. The standard InChI is InChI=1S/C14H31N3O/c1-12(2)16-6-8-17(9-7-16)13(11-15)10-14(3,4)18-5/h12-13H,6-11,15H2,1-5H3. The van der Waals surface area contributed by atoms with Crippen LogP contribution in [0.3, 0.4) is 0 Å². The molecule has 108 valence electrons. The first-order valence-electron chi connectivity index (χ1n) is 7.13. The number of ether oxygens (including phenoxy) is 1. The minimum atomic E-state index is -0.0841. The number of nitrogens with two attached hydrogens (primary N) is 1. The molecule has 0 aliphatic carbocycles. The second-order valence-electron chi connectivity index (χ2n) is 6.22. The normalized spacial score (nSPS) is 21.5. The summed E-state index contributed by atoms with van der Waals surface area (Å²) in [6.45, 7) is 14.1. The average molecular weight is 257 g/mol. The Balaban J connectivity index is 2.48. The van der Waals surface area contributed by atoms with Gasteiger partial charge in [-0.15, -0.1) is 0 Å². The van der Waals surface area contributed by atoms with Crippen molar-refractivity contribution in [3.05, 3.63) is 0 Å². The lowest BCUT2D eigenvalue weighted by Gasteiger charge is -2.42. The van der Waals surface area contributed by atoms with Gasteiger partial charge in [-0.05, 0) is 34.1 Å². The van der Waals surface area contributed by atoms with Gasteiger partial charge in [0.25, 0.3) is 0 Å². The third-order valence-corrected chi connectivity index (χ3v) is 4.15. The second-order valence-corrected chi connectivity index (χ2v) is 6.22. The van der Waals surface area contributed by atoms with Crippen LogP contribution in [0.2, 0.25) is 0 Å². The van der Waals surface area contributed by atoms with Crippen LogP contribution in [0.1, 0.15) is 34.1 Å². The molecule has 0 saturated carbocycles. The monoisotopic (exact) mass is 257 g/mol. The van der Waals surface area contributed by atoms with Crippen molar-refractivity contribution >= 4 is 0 Å². The van der Waals surface area contributed by atoms with E-state index < -0.39 is 0 Å². The molecule has 0 amide bonds. The summed E-state index contributed by atoms with van der Waals surface area (Å²) in [5.74, 6) is 0. The Hall–Kier alpha value is -0.160. The van der Waals surface area contributed by atoms with E-state index in [0.29, 0.717) is 18.6 Å². The van der Waals surface area contributed by atoms with Gasteiger partial charge in [0.05, 0.1) is 5.60 Å². The number of piperazine rings is 1. The molecule has 1 unspecified atom stereocenters. The van der Waals surface area contributed by atoms with Crippen LogP contribution in [0.4, 0.5) is 0 Å². The van der Waals surface area contributed by atoms with Gasteiger partial charge >= 0.3 is 0 Å². The molecule has 1 atom stereocenters. The van der Waals surface area contributed by atoms with Gasteiger partial charge in [-0.2, -0.15) is 0 Å². The summed E-state index contributed by atoms with van der Waals surface area (Å²) < 4.78 is 5.53. The van der Waals surface area contributed by atoms with Crippen molar-refractivity contribution < 1.29 is 4.74 Å². The first-order valence-corrected chi connectivity index (χ1v) is 7.13. The molecule has 1 fully saturated rings. The number of methoxy groups -OCH3 is 1. The van der Waals surface area contributed by atoms with Crippen molar-refractivity contribution in [3.63, 3.8) is 0 Å². The zero-order valence-corrected chi connectivity index (χ0v) is 12.8. The van der Waals surface area contributed by atoms with Gasteiger partial charge in [0.15, 0.2) is 0 Å². The summed E-state index contributed by atoms with van der Waals surface area (Å²) in [5.41, 5.74) is 5.87. The fraction of sp³-hybridized carbons (Fsp3) is 1.00. The lowest BCUT2D eigenvalue weighted by atomic mass is 9.97. The zero-order chi connectivity index (χ0) is 13.8. The molecule has 1 rings (SSSR count). The fourth-order valence-corrected chi connectivity index (χ4v) is 2.63. The minimum Gasteiger partial charge on any atom is -0.379 e. The zero-order valence-electron chi connectivity index (χ0n) is 12.8. The molecule has 0 bridgehead atoms. The molecule has 4 nitrogen and oxygen atoms in total. The maximum atomic E-state index is 5.95. The van der Waals surface area contributed by atoms with E-state index in [4.69, 9.17) is 10.5 Å². The highest BCUT2D eigenvalue weighted by Gasteiger charge is 2.29. The van der Waals surface area contributed by atoms with Crippen LogP contribution in [-0.2, 0) is 4.74 Å². The Morgan fingerprint density at radius 1 is 1.11 bits per heavy atom. The Morgan fingerprint density at radius 2 is 1.61 bits per heavy atom. The SMILES string of the molecule is COC(C)(C)CC(CN)N1CCN(C(C)C)CC1. The maximum absolute atomic E-state index is 5.95. The van der Waals surface area contributed by atoms with E-state index in [1.54, 1.807) is 7.11 Å². The van der Waals surface area contributed by atoms with Crippen molar-refractivity contribution in [1.29, 1.82) is 0 Å². The molecule has 0 aromatic rings. The van der Waals surface area contributed by atoms with Crippen LogP contribution in [0.5, 0.6) is 0 Å². The van der Waals surface area contributed by atoms with Crippen LogP contribution in [0, 0.1) is 0 Å². The van der Waals surface area contributed by atoms with Crippen LogP contribution in [0.15, 0.2) is 0 Å². The summed E-state index contributed by atoms with van der Waals surface area (Å²) in [7, 11) is 1.78. The van der Waals surface area contributed by atoms with E-state index in [0.717, 1.165) is 32.6 Å². The predicted molar refractivity (Wildman–Crippen MR) is 76.8 cm³/mol. The van der Waals surface area contributed by atoms with Gasteiger partial charge in [-0.3, -0.25) is 9.80 Å². The highest BCUT2D eigenvalue weighted by molar-refractivity contribution is 4.85. The Labute approximate surface area is 112 Å². The lowest BCUT2D eigenvalue weighted by Crippen LogP contribution is -2.55. The molecule has 1 saturated heterocycles. The number of hydrogen-bond donors (Lipinski definition) is 1. The van der Waals surface area contributed by atoms with Crippen LogP contribution in [0.25, 0.3) is 0 Å². The van der Waals surface area contributed by atoms with Crippen molar-refractivity contribution in [2.24, 2.45) is 5.73 Å². The summed E-state index contributed by atoms with van der Waals surface area (Å²) >= 11 is 0. The molecular formula is C14H31N3O. The molecule has 18 heavy (non-hydrogen) atoms. The number of nitrogens with zero attached hydrogens (tertiary/aromatic N) is 2. The Morgan fingerprint density at radius 3 is 2.00 bits per heavy atom. The highest BCUT2D eigenvalue weighted by Crippen LogP contribution is 2.20. The number of rotatable bonds is 6. The van der Waals surface area contributed by atoms with Gasteiger partial charge in [0, 0.05) is 51.9 Å². The summed E-state index contributed by atoms with van der Waals surface area (Å²) in [6.07, 6.45) is 1.00. The second kappa shape index (κ2) is 6.85.